The Hall–Kier alpha value is -0.280. The quantitative estimate of drug-likeness (QED) is 0.829. The van der Waals surface area contributed by atoms with Gasteiger partial charge in [0, 0.05) is 68.2 Å². The number of nitrogens with zero attached hydrogens (tertiary/aromatic N) is 4. The van der Waals surface area contributed by atoms with Crippen LogP contribution in [0, 0.1) is 6.92 Å². The van der Waals surface area contributed by atoms with E-state index in [1.54, 1.807) is 0 Å². The van der Waals surface area contributed by atoms with Crippen LogP contribution < -0.4 is 10.2 Å². The van der Waals surface area contributed by atoms with Crippen molar-refractivity contribution in [3.8, 4) is 0 Å². The van der Waals surface area contributed by atoms with E-state index in [1.807, 2.05) is 23.6 Å². The van der Waals surface area contributed by atoms with Crippen molar-refractivity contribution in [2.75, 3.05) is 49.1 Å². The van der Waals surface area contributed by atoms with Crippen LogP contribution in [-0.4, -0.2) is 70.4 Å². The molecule has 23 heavy (non-hydrogen) atoms. The molecule has 3 heterocycles. The van der Waals surface area contributed by atoms with Gasteiger partial charge >= 0.3 is 0 Å². The summed E-state index contributed by atoms with van der Waals surface area (Å²) >= 11 is 3.38. The number of rotatable bonds is 3. The van der Waals surface area contributed by atoms with E-state index in [0.717, 1.165) is 55.2 Å². The second-order valence-corrected chi connectivity index (χ2v) is 7.30. The van der Waals surface area contributed by atoms with Crippen LogP contribution in [0.2, 0.25) is 0 Å². The van der Waals surface area contributed by atoms with Crippen LogP contribution >= 0.6 is 48.1 Å². The number of carbonyl (C=O) groups excluding carboxylic acids is 1. The Labute approximate surface area is 157 Å². The maximum atomic E-state index is 12.3. The number of aryl methyl sites for hydroxylation is 1. The van der Waals surface area contributed by atoms with Gasteiger partial charge in [0.05, 0.1) is 0 Å². The van der Waals surface area contributed by atoms with Crippen LogP contribution in [0.3, 0.4) is 0 Å². The highest BCUT2D eigenvalue weighted by molar-refractivity contribution is 7.99. The van der Waals surface area contributed by atoms with Gasteiger partial charge in [-0.2, -0.15) is 16.1 Å². The van der Waals surface area contributed by atoms with E-state index in [0.29, 0.717) is 12.5 Å². The van der Waals surface area contributed by atoms with Gasteiger partial charge in [-0.25, -0.2) is 4.98 Å². The molecule has 1 N–H and O–H groups in total. The molecule has 1 aromatic heterocycles. The Morgan fingerprint density at radius 1 is 1.30 bits per heavy atom. The van der Waals surface area contributed by atoms with Crippen LogP contribution in [0.15, 0.2) is 0 Å². The molecule has 1 amide bonds. The lowest BCUT2D eigenvalue weighted by Gasteiger charge is -2.35. The lowest BCUT2D eigenvalue weighted by atomic mass is 10.2. The highest BCUT2D eigenvalue weighted by atomic mass is 35.5. The highest BCUT2D eigenvalue weighted by Gasteiger charge is 2.25. The number of hydrogen-bond donors (Lipinski definition) is 1. The van der Waals surface area contributed by atoms with Crippen molar-refractivity contribution in [1.82, 2.24) is 19.6 Å². The zero-order valence-corrected chi connectivity index (χ0v) is 16.3. The fourth-order valence-corrected chi connectivity index (χ4v) is 4.33. The molecular weight excluding hydrogens is 377 g/mol. The van der Waals surface area contributed by atoms with Gasteiger partial charge in [-0.3, -0.25) is 4.79 Å². The molecule has 1 aromatic rings. The summed E-state index contributed by atoms with van der Waals surface area (Å²) in [5, 5.41) is 4.41. The van der Waals surface area contributed by atoms with Gasteiger partial charge in [-0.05, 0) is 6.92 Å². The molecule has 10 heteroatoms. The van der Waals surface area contributed by atoms with Gasteiger partial charge in [0.2, 0.25) is 11.0 Å². The highest BCUT2D eigenvalue weighted by Crippen LogP contribution is 2.19. The summed E-state index contributed by atoms with van der Waals surface area (Å²) in [6, 6.07) is 0.347. The number of piperazine rings is 1. The summed E-state index contributed by atoms with van der Waals surface area (Å²) in [7, 11) is 0. The molecule has 2 aliphatic heterocycles. The van der Waals surface area contributed by atoms with Crippen molar-refractivity contribution >= 4 is 59.1 Å². The maximum absolute atomic E-state index is 12.3. The topological polar surface area (TPSA) is 61.4 Å². The first kappa shape index (κ1) is 20.8. The maximum Gasteiger partial charge on any atom is 0.224 e. The largest absolute Gasteiger partial charge is 0.343 e. The van der Waals surface area contributed by atoms with Crippen molar-refractivity contribution in [2.24, 2.45) is 0 Å². The number of halogens is 2. The second-order valence-electron chi connectivity index (χ2n) is 5.42. The Morgan fingerprint density at radius 2 is 2.04 bits per heavy atom. The molecule has 1 unspecified atom stereocenters. The van der Waals surface area contributed by atoms with Crippen LogP contribution in [0.5, 0.6) is 0 Å². The van der Waals surface area contributed by atoms with E-state index in [4.69, 9.17) is 0 Å². The number of hydrogen-bond acceptors (Lipinski definition) is 7. The minimum absolute atomic E-state index is 0. The summed E-state index contributed by atoms with van der Waals surface area (Å²) in [5.74, 6) is 3.32. The Balaban J connectivity index is 0.00000132. The smallest absolute Gasteiger partial charge is 0.224 e. The second kappa shape index (κ2) is 9.88. The fraction of sp³-hybridized carbons (Fsp3) is 0.769. The zero-order valence-electron chi connectivity index (χ0n) is 13.1. The number of amides is 1. The van der Waals surface area contributed by atoms with Crippen LogP contribution in [0.4, 0.5) is 5.13 Å². The number of anilines is 1. The molecule has 2 aliphatic rings. The van der Waals surface area contributed by atoms with E-state index in [2.05, 4.69) is 19.6 Å². The average molecular weight is 400 g/mol. The lowest BCUT2D eigenvalue weighted by molar-refractivity contribution is -0.131. The first-order chi connectivity index (χ1) is 10.2. The molecule has 6 nitrogen and oxygen atoms in total. The zero-order chi connectivity index (χ0) is 14.7. The molecule has 1 atom stereocenters. The molecule has 132 valence electrons. The third kappa shape index (κ3) is 5.63. The standard InChI is InChI=1S/C13H21N5OS2.2ClH/c1-10-15-13(21-16-10)18-5-3-17(4-6-18)12(19)8-11-9-20-7-2-14-11;;/h11,14H,2-9H2,1H3;2*1H. The molecule has 0 bridgehead atoms. The number of nitrogens with one attached hydrogen (secondary N) is 1. The fourth-order valence-electron chi connectivity index (χ4n) is 2.65. The first-order valence-electron chi connectivity index (χ1n) is 7.36. The van der Waals surface area contributed by atoms with Gasteiger partial charge in [-0.15, -0.1) is 24.8 Å². The molecule has 0 radical (unpaired) electrons. The summed E-state index contributed by atoms with van der Waals surface area (Å²) < 4.78 is 4.22. The third-order valence-corrected chi connectivity index (χ3v) is 5.84. The lowest BCUT2D eigenvalue weighted by Crippen LogP contribution is -2.50. The van der Waals surface area contributed by atoms with Gasteiger partial charge in [-0.1, -0.05) is 0 Å². The molecule has 2 saturated heterocycles. The number of thioether (sulfide) groups is 1. The average Bonchev–Trinajstić information content (AvgIpc) is 2.95. The summed E-state index contributed by atoms with van der Waals surface area (Å²) in [5.41, 5.74) is 0. The van der Waals surface area contributed by atoms with Crippen molar-refractivity contribution in [2.45, 2.75) is 19.4 Å². The van der Waals surface area contributed by atoms with Crippen molar-refractivity contribution in [3.63, 3.8) is 0 Å². The Morgan fingerprint density at radius 3 is 2.61 bits per heavy atom. The van der Waals surface area contributed by atoms with E-state index < -0.39 is 0 Å². The molecule has 2 fully saturated rings. The molecule has 3 rings (SSSR count). The van der Waals surface area contributed by atoms with Crippen LogP contribution in [-0.2, 0) is 4.79 Å². The number of carbonyl (C=O) groups is 1. The van der Waals surface area contributed by atoms with Gasteiger partial charge in [0.15, 0.2) is 0 Å². The van der Waals surface area contributed by atoms with Crippen molar-refractivity contribution in [3.05, 3.63) is 5.82 Å². The predicted octanol–water partition coefficient (Wildman–Crippen LogP) is 1.43. The third-order valence-electron chi connectivity index (χ3n) is 3.84. The molecule has 0 saturated carbocycles. The van der Waals surface area contributed by atoms with E-state index >= 15 is 0 Å². The van der Waals surface area contributed by atoms with Crippen LogP contribution in [0.25, 0.3) is 0 Å². The van der Waals surface area contributed by atoms with E-state index in [1.165, 1.54) is 11.5 Å². The van der Waals surface area contributed by atoms with Gasteiger partial charge in [0.1, 0.15) is 5.82 Å². The van der Waals surface area contributed by atoms with E-state index in [9.17, 15) is 4.79 Å². The summed E-state index contributed by atoms with van der Waals surface area (Å²) in [6.07, 6.45) is 0.630. The summed E-state index contributed by atoms with van der Waals surface area (Å²) in [6.45, 7) is 6.22. The normalized spacial score (nSPS) is 21.3. The Kier molecular flexibility index (Phi) is 8.92. The van der Waals surface area contributed by atoms with Crippen molar-refractivity contribution < 1.29 is 4.79 Å². The summed E-state index contributed by atoms with van der Waals surface area (Å²) in [4.78, 5) is 21.0. The van der Waals surface area contributed by atoms with Gasteiger partial charge < -0.3 is 15.1 Å². The van der Waals surface area contributed by atoms with Gasteiger partial charge in [0.25, 0.3) is 0 Å². The predicted molar refractivity (Wildman–Crippen MR) is 102 cm³/mol. The minimum Gasteiger partial charge on any atom is -0.343 e. The minimum atomic E-state index is 0. The van der Waals surface area contributed by atoms with Crippen molar-refractivity contribution in [1.29, 1.82) is 0 Å². The van der Waals surface area contributed by atoms with Crippen LogP contribution in [0.1, 0.15) is 12.2 Å². The molecular formula is C13H23Cl2N5OS2. The Bertz CT molecular complexity index is 490. The first-order valence-corrected chi connectivity index (χ1v) is 9.29. The molecule has 0 aromatic carbocycles. The molecule has 0 aliphatic carbocycles. The SMILES string of the molecule is Cc1nsc(N2CCN(C(=O)CC3CSCCN3)CC2)n1.Cl.Cl. The number of aromatic nitrogens is 2. The van der Waals surface area contributed by atoms with E-state index in [-0.39, 0.29) is 30.7 Å². The monoisotopic (exact) mass is 399 g/mol. The molecule has 0 spiro atoms.